The lowest BCUT2D eigenvalue weighted by atomic mass is 9.81. The normalized spacial score (nSPS) is 20.2. The van der Waals surface area contributed by atoms with Gasteiger partial charge in [0, 0.05) is 23.5 Å². The van der Waals surface area contributed by atoms with E-state index in [9.17, 15) is 0 Å². The molecule has 2 heterocycles. The fourth-order valence-electron chi connectivity index (χ4n) is 3.29. The Bertz CT molecular complexity index is 543. The molecule has 0 bridgehead atoms. The van der Waals surface area contributed by atoms with Crippen LogP contribution in [0.1, 0.15) is 47.9 Å². The number of nitrogens with zero attached hydrogens (tertiary/aromatic N) is 2. The van der Waals surface area contributed by atoms with E-state index >= 15 is 0 Å². The fourth-order valence-corrected chi connectivity index (χ4v) is 4.29. The monoisotopic (exact) mass is 275 g/mol. The first-order valence-corrected chi connectivity index (χ1v) is 7.98. The number of nitrogens with one attached hydrogen (secondary N) is 1. The molecule has 0 aliphatic heterocycles. The molecule has 2 aromatic heterocycles. The molecule has 0 radical (unpaired) electrons. The Balaban J connectivity index is 1.96. The van der Waals surface area contributed by atoms with Crippen LogP contribution in [0.4, 0.5) is 0 Å². The summed E-state index contributed by atoms with van der Waals surface area (Å²) in [5.41, 5.74) is 2.87. The first-order valence-electron chi connectivity index (χ1n) is 7.10. The molecule has 0 fully saturated rings. The van der Waals surface area contributed by atoms with Crippen molar-refractivity contribution in [2.45, 2.75) is 44.7 Å². The molecule has 1 aliphatic rings. The van der Waals surface area contributed by atoms with Gasteiger partial charge in [-0.3, -0.25) is 4.68 Å². The molecule has 2 atom stereocenters. The highest BCUT2D eigenvalue weighted by Gasteiger charge is 2.30. The fraction of sp³-hybridized carbons (Fsp3) is 0.533. The molecule has 2 aromatic rings. The van der Waals surface area contributed by atoms with E-state index in [2.05, 4.69) is 46.6 Å². The number of hydrogen-bond donors (Lipinski definition) is 1. The van der Waals surface area contributed by atoms with Gasteiger partial charge in [0.25, 0.3) is 0 Å². The molecule has 3 nitrogen and oxygen atoms in total. The summed E-state index contributed by atoms with van der Waals surface area (Å²) < 4.78 is 2.11. The lowest BCUT2D eigenvalue weighted by molar-refractivity contribution is 0.401. The van der Waals surface area contributed by atoms with Crippen molar-refractivity contribution in [2.24, 2.45) is 0 Å². The Morgan fingerprint density at radius 1 is 1.53 bits per heavy atom. The van der Waals surface area contributed by atoms with E-state index in [1.807, 2.05) is 17.5 Å². The van der Waals surface area contributed by atoms with Crippen molar-refractivity contribution in [3.8, 4) is 0 Å². The average Bonchev–Trinajstić information content (AvgIpc) is 3.08. The predicted octanol–water partition coefficient (Wildman–Crippen LogP) is 3.35. The van der Waals surface area contributed by atoms with Crippen molar-refractivity contribution in [1.82, 2.24) is 15.1 Å². The second kappa shape index (κ2) is 5.47. The summed E-state index contributed by atoms with van der Waals surface area (Å²) in [6, 6.07) is 4.85. The minimum Gasteiger partial charge on any atom is -0.311 e. The number of aryl methyl sites for hydroxylation is 2. The molecular formula is C15H21N3S. The standard InChI is InChI=1S/C15H21N3S/c1-3-18-13(7-9-17-18)15(16-2)12-5-4-6-14-11(12)8-10-19-14/h7-10,12,15-16H,3-6H2,1-2H3. The Morgan fingerprint density at radius 2 is 2.42 bits per heavy atom. The number of aromatic nitrogens is 2. The third kappa shape index (κ3) is 2.23. The molecule has 1 N–H and O–H groups in total. The molecule has 102 valence electrons. The molecule has 4 heteroatoms. The third-order valence-electron chi connectivity index (χ3n) is 4.18. The molecule has 0 spiro atoms. The van der Waals surface area contributed by atoms with Crippen LogP contribution in [0.5, 0.6) is 0 Å². The van der Waals surface area contributed by atoms with E-state index in [1.54, 1.807) is 10.4 Å². The van der Waals surface area contributed by atoms with E-state index in [4.69, 9.17) is 0 Å². The molecule has 19 heavy (non-hydrogen) atoms. The zero-order chi connectivity index (χ0) is 13.2. The number of hydrogen-bond acceptors (Lipinski definition) is 3. The van der Waals surface area contributed by atoms with Crippen LogP contribution in [0.2, 0.25) is 0 Å². The zero-order valence-corrected chi connectivity index (χ0v) is 12.4. The van der Waals surface area contributed by atoms with Gasteiger partial charge in [0.1, 0.15) is 0 Å². The van der Waals surface area contributed by atoms with Gasteiger partial charge in [-0.05, 0) is 56.3 Å². The van der Waals surface area contributed by atoms with E-state index in [0.29, 0.717) is 12.0 Å². The number of thiophene rings is 1. The molecular weight excluding hydrogens is 254 g/mol. The summed E-state index contributed by atoms with van der Waals surface area (Å²) in [5, 5.41) is 10.2. The summed E-state index contributed by atoms with van der Waals surface area (Å²) in [4.78, 5) is 1.58. The van der Waals surface area contributed by atoms with Crippen molar-refractivity contribution in [3.05, 3.63) is 39.8 Å². The van der Waals surface area contributed by atoms with Crippen LogP contribution in [-0.4, -0.2) is 16.8 Å². The van der Waals surface area contributed by atoms with Crippen LogP contribution >= 0.6 is 11.3 Å². The third-order valence-corrected chi connectivity index (χ3v) is 5.18. The van der Waals surface area contributed by atoms with Gasteiger partial charge >= 0.3 is 0 Å². The van der Waals surface area contributed by atoms with Gasteiger partial charge in [0.2, 0.25) is 0 Å². The highest BCUT2D eigenvalue weighted by Crippen LogP contribution is 2.42. The van der Waals surface area contributed by atoms with Crippen LogP contribution in [0, 0.1) is 0 Å². The summed E-state index contributed by atoms with van der Waals surface area (Å²) in [6.45, 7) is 3.09. The SMILES string of the molecule is CCn1nccc1C(NC)C1CCCc2sccc21. The first kappa shape index (κ1) is 12.9. The van der Waals surface area contributed by atoms with Crippen molar-refractivity contribution < 1.29 is 0 Å². The molecule has 0 saturated heterocycles. The van der Waals surface area contributed by atoms with Gasteiger partial charge in [-0.1, -0.05) is 0 Å². The summed E-state index contributed by atoms with van der Waals surface area (Å²) in [5.74, 6) is 0.585. The lowest BCUT2D eigenvalue weighted by Crippen LogP contribution is -2.28. The average molecular weight is 275 g/mol. The van der Waals surface area contributed by atoms with Gasteiger partial charge in [-0.25, -0.2) is 0 Å². The predicted molar refractivity (Wildman–Crippen MR) is 79.7 cm³/mol. The van der Waals surface area contributed by atoms with E-state index < -0.39 is 0 Å². The molecule has 0 saturated carbocycles. The van der Waals surface area contributed by atoms with Gasteiger partial charge in [0.05, 0.1) is 11.7 Å². The van der Waals surface area contributed by atoms with E-state index in [-0.39, 0.29) is 0 Å². The number of rotatable bonds is 4. The minimum atomic E-state index is 0.371. The molecule has 1 aliphatic carbocycles. The van der Waals surface area contributed by atoms with E-state index in [0.717, 1.165) is 6.54 Å². The summed E-state index contributed by atoms with van der Waals surface area (Å²) >= 11 is 1.91. The quantitative estimate of drug-likeness (QED) is 0.927. The highest BCUT2D eigenvalue weighted by atomic mass is 32.1. The Labute approximate surface area is 118 Å². The maximum absolute atomic E-state index is 4.42. The topological polar surface area (TPSA) is 29.9 Å². The Kier molecular flexibility index (Phi) is 3.71. The number of likely N-dealkylation sites (N-methyl/N-ethyl adjacent to an activating group) is 1. The van der Waals surface area contributed by atoms with E-state index in [1.165, 1.54) is 25.0 Å². The minimum absolute atomic E-state index is 0.371. The molecule has 0 amide bonds. The van der Waals surface area contributed by atoms with Crippen LogP contribution in [0.3, 0.4) is 0 Å². The van der Waals surface area contributed by atoms with Gasteiger partial charge in [-0.15, -0.1) is 11.3 Å². The summed E-state index contributed by atoms with van der Waals surface area (Å²) in [7, 11) is 2.07. The zero-order valence-electron chi connectivity index (χ0n) is 11.6. The Morgan fingerprint density at radius 3 is 3.21 bits per heavy atom. The van der Waals surface area contributed by atoms with Gasteiger partial charge in [0.15, 0.2) is 0 Å². The van der Waals surface area contributed by atoms with Crippen LogP contribution in [-0.2, 0) is 13.0 Å². The van der Waals surface area contributed by atoms with Crippen molar-refractivity contribution in [2.75, 3.05) is 7.05 Å². The van der Waals surface area contributed by atoms with Crippen molar-refractivity contribution in [1.29, 1.82) is 0 Å². The largest absolute Gasteiger partial charge is 0.311 e. The second-order valence-electron chi connectivity index (χ2n) is 5.14. The number of fused-ring (bicyclic) bond motifs is 1. The smallest absolute Gasteiger partial charge is 0.0559 e. The highest BCUT2D eigenvalue weighted by molar-refractivity contribution is 7.10. The van der Waals surface area contributed by atoms with Crippen LogP contribution in [0.25, 0.3) is 0 Å². The first-order chi connectivity index (χ1) is 9.35. The van der Waals surface area contributed by atoms with Crippen molar-refractivity contribution in [3.63, 3.8) is 0 Å². The maximum atomic E-state index is 4.42. The molecule has 2 unspecified atom stereocenters. The van der Waals surface area contributed by atoms with Gasteiger partial charge in [-0.2, -0.15) is 5.10 Å². The summed E-state index contributed by atoms with van der Waals surface area (Å²) in [6.07, 6.45) is 5.74. The second-order valence-corrected chi connectivity index (χ2v) is 6.14. The Hall–Kier alpha value is -1.13. The van der Waals surface area contributed by atoms with Crippen LogP contribution in [0.15, 0.2) is 23.7 Å². The molecule has 3 rings (SSSR count). The lowest BCUT2D eigenvalue weighted by Gasteiger charge is -2.31. The van der Waals surface area contributed by atoms with Crippen molar-refractivity contribution >= 4 is 11.3 Å². The maximum Gasteiger partial charge on any atom is 0.0559 e. The van der Waals surface area contributed by atoms with Gasteiger partial charge < -0.3 is 5.32 Å². The molecule has 0 aromatic carbocycles. The van der Waals surface area contributed by atoms with Crippen LogP contribution < -0.4 is 5.32 Å².